The van der Waals surface area contributed by atoms with Gasteiger partial charge < -0.3 is 0 Å². The first kappa shape index (κ1) is 12.0. The van der Waals surface area contributed by atoms with Crippen molar-refractivity contribution in [1.29, 1.82) is 0 Å². The molecule has 0 radical (unpaired) electrons. The zero-order chi connectivity index (χ0) is 12.2. The second-order valence-electron chi connectivity index (χ2n) is 4.02. The van der Waals surface area contributed by atoms with Gasteiger partial charge in [0.15, 0.2) is 0 Å². The highest BCUT2D eigenvalue weighted by molar-refractivity contribution is 9.10. The van der Waals surface area contributed by atoms with E-state index in [-0.39, 0.29) is 0 Å². The molecule has 0 saturated heterocycles. The van der Waals surface area contributed by atoms with Gasteiger partial charge in [-0.1, -0.05) is 23.2 Å². The number of halogens is 4. The van der Waals surface area contributed by atoms with Crippen molar-refractivity contribution < 1.29 is 0 Å². The molecule has 0 amide bonds. The first-order chi connectivity index (χ1) is 8.06. The molecule has 2 aromatic carbocycles. The molecule has 4 heteroatoms. The lowest BCUT2D eigenvalue weighted by molar-refractivity contribution is 1.26. The van der Waals surface area contributed by atoms with Crippen molar-refractivity contribution in [2.45, 2.75) is 6.42 Å². The summed E-state index contributed by atoms with van der Waals surface area (Å²) in [4.78, 5) is 0. The van der Waals surface area contributed by atoms with Gasteiger partial charge in [0.25, 0.3) is 0 Å². The molecule has 0 nitrogen and oxygen atoms in total. The number of fused-ring (bicyclic) bond motifs is 3. The van der Waals surface area contributed by atoms with Gasteiger partial charge >= 0.3 is 0 Å². The molecule has 0 atom stereocenters. The molecular formula is C13H6Br2Cl2. The molecule has 0 bridgehead atoms. The maximum atomic E-state index is 6.12. The Kier molecular flexibility index (Phi) is 3.02. The fraction of sp³-hybridized carbons (Fsp3) is 0.0769. The van der Waals surface area contributed by atoms with E-state index in [4.69, 9.17) is 23.2 Å². The van der Waals surface area contributed by atoms with Crippen LogP contribution in [0.25, 0.3) is 11.1 Å². The van der Waals surface area contributed by atoms with Crippen molar-refractivity contribution in [3.63, 3.8) is 0 Å². The second kappa shape index (κ2) is 4.27. The summed E-state index contributed by atoms with van der Waals surface area (Å²) >= 11 is 19.2. The van der Waals surface area contributed by atoms with Gasteiger partial charge in [0, 0.05) is 8.95 Å². The van der Waals surface area contributed by atoms with Crippen LogP contribution in [-0.2, 0) is 6.42 Å². The third-order valence-electron chi connectivity index (χ3n) is 2.96. The zero-order valence-corrected chi connectivity index (χ0v) is 13.2. The van der Waals surface area contributed by atoms with Crippen molar-refractivity contribution in [3.05, 3.63) is 54.4 Å². The van der Waals surface area contributed by atoms with E-state index in [0.29, 0.717) is 0 Å². The Morgan fingerprint density at radius 2 is 1.18 bits per heavy atom. The van der Waals surface area contributed by atoms with E-state index in [1.807, 2.05) is 12.1 Å². The van der Waals surface area contributed by atoms with E-state index in [1.165, 1.54) is 22.3 Å². The summed E-state index contributed by atoms with van der Waals surface area (Å²) in [5, 5.41) is 1.50. The second-order valence-corrected chi connectivity index (χ2v) is 6.55. The summed E-state index contributed by atoms with van der Waals surface area (Å²) in [5.74, 6) is 0. The highest BCUT2D eigenvalue weighted by Crippen LogP contribution is 2.43. The maximum Gasteiger partial charge on any atom is 0.0551 e. The molecule has 3 rings (SSSR count). The smallest absolute Gasteiger partial charge is 0.0551 e. The zero-order valence-electron chi connectivity index (χ0n) is 8.53. The molecule has 0 aliphatic heterocycles. The molecule has 1 aliphatic carbocycles. The minimum atomic E-state index is 0.752. The van der Waals surface area contributed by atoms with E-state index >= 15 is 0 Å². The quantitative estimate of drug-likeness (QED) is 0.434. The van der Waals surface area contributed by atoms with Crippen LogP contribution in [0.3, 0.4) is 0 Å². The van der Waals surface area contributed by atoms with Crippen LogP contribution in [0, 0.1) is 0 Å². The summed E-state index contributed by atoms with van der Waals surface area (Å²) in [5.41, 5.74) is 4.96. The Balaban J connectivity index is 2.27. The van der Waals surface area contributed by atoms with Crippen molar-refractivity contribution in [2.24, 2.45) is 0 Å². The predicted molar refractivity (Wildman–Crippen MR) is 80.1 cm³/mol. The predicted octanol–water partition coefficient (Wildman–Crippen LogP) is 6.09. The Morgan fingerprint density at radius 1 is 0.765 bits per heavy atom. The van der Waals surface area contributed by atoms with Crippen molar-refractivity contribution in [3.8, 4) is 11.1 Å². The molecular weight excluding hydrogens is 387 g/mol. The van der Waals surface area contributed by atoms with Gasteiger partial charge in [0.05, 0.1) is 10.0 Å². The first-order valence-corrected chi connectivity index (χ1v) is 7.36. The van der Waals surface area contributed by atoms with Gasteiger partial charge in [0.2, 0.25) is 0 Å². The topological polar surface area (TPSA) is 0 Å². The van der Waals surface area contributed by atoms with Crippen LogP contribution < -0.4 is 0 Å². The van der Waals surface area contributed by atoms with E-state index < -0.39 is 0 Å². The van der Waals surface area contributed by atoms with E-state index in [1.54, 1.807) is 0 Å². The van der Waals surface area contributed by atoms with Crippen LogP contribution in [0.15, 0.2) is 33.2 Å². The summed E-state index contributed by atoms with van der Waals surface area (Å²) in [6, 6.07) is 8.18. The van der Waals surface area contributed by atoms with Gasteiger partial charge in [0.1, 0.15) is 0 Å². The Bertz CT molecular complexity index is 580. The number of hydrogen-bond acceptors (Lipinski definition) is 0. The van der Waals surface area contributed by atoms with E-state index in [0.717, 1.165) is 25.4 Å². The third-order valence-corrected chi connectivity index (χ3v) is 5.36. The molecule has 17 heavy (non-hydrogen) atoms. The van der Waals surface area contributed by atoms with Crippen LogP contribution in [0.5, 0.6) is 0 Å². The van der Waals surface area contributed by atoms with Crippen molar-refractivity contribution >= 4 is 55.1 Å². The van der Waals surface area contributed by atoms with Crippen LogP contribution in [0.2, 0.25) is 10.0 Å². The average molecular weight is 393 g/mol. The van der Waals surface area contributed by atoms with Crippen LogP contribution >= 0.6 is 55.1 Å². The Hall–Kier alpha value is -0.0200. The minimum Gasteiger partial charge on any atom is -0.0831 e. The fourth-order valence-corrected chi connectivity index (χ4v) is 3.23. The first-order valence-electron chi connectivity index (χ1n) is 5.02. The molecule has 0 saturated carbocycles. The largest absolute Gasteiger partial charge is 0.0831 e. The summed E-state index contributed by atoms with van der Waals surface area (Å²) in [6.07, 6.45) is 0.894. The molecule has 0 unspecified atom stereocenters. The normalized spacial score (nSPS) is 12.5. The van der Waals surface area contributed by atoms with Crippen LogP contribution in [-0.4, -0.2) is 0 Å². The van der Waals surface area contributed by atoms with E-state index in [9.17, 15) is 0 Å². The summed E-state index contributed by atoms with van der Waals surface area (Å²) in [6.45, 7) is 0. The molecule has 0 spiro atoms. The summed E-state index contributed by atoms with van der Waals surface area (Å²) < 4.78 is 1.86. The Morgan fingerprint density at radius 3 is 1.59 bits per heavy atom. The standard InChI is InChI=1S/C13H6Br2Cl2/c14-10-4-8-6(2-12(10)16)1-7-3-13(17)11(15)5-9(7)8/h2-5H,1H2. The number of rotatable bonds is 0. The van der Waals surface area contributed by atoms with Crippen LogP contribution in [0.1, 0.15) is 11.1 Å². The molecule has 0 fully saturated rings. The molecule has 0 N–H and O–H groups in total. The number of benzene rings is 2. The lowest BCUT2D eigenvalue weighted by Crippen LogP contribution is -1.81. The third kappa shape index (κ3) is 1.95. The molecule has 86 valence electrons. The van der Waals surface area contributed by atoms with Crippen molar-refractivity contribution in [2.75, 3.05) is 0 Å². The fourth-order valence-electron chi connectivity index (χ4n) is 2.18. The van der Waals surface area contributed by atoms with Gasteiger partial charge in [-0.3, -0.25) is 0 Å². The van der Waals surface area contributed by atoms with Gasteiger partial charge in [-0.2, -0.15) is 0 Å². The van der Waals surface area contributed by atoms with Crippen LogP contribution in [0.4, 0.5) is 0 Å². The summed E-state index contributed by atoms with van der Waals surface area (Å²) in [7, 11) is 0. The average Bonchev–Trinajstić information content (AvgIpc) is 2.58. The number of hydrogen-bond donors (Lipinski definition) is 0. The van der Waals surface area contributed by atoms with Gasteiger partial charge in [-0.05, 0) is 84.8 Å². The maximum absolute atomic E-state index is 6.12. The molecule has 2 aromatic rings. The van der Waals surface area contributed by atoms with Gasteiger partial charge in [-0.15, -0.1) is 0 Å². The highest BCUT2D eigenvalue weighted by atomic mass is 79.9. The monoisotopic (exact) mass is 390 g/mol. The lowest BCUT2D eigenvalue weighted by atomic mass is 10.1. The molecule has 1 aliphatic rings. The highest BCUT2D eigenvalue weighted by Gasteiger charge is 2.21. The minimum absolute atomic E-state index is 0.752. The Labute approximate surface area is 126 Å². The van der Waals surface area contributed by atoms with E-state index in [2.05, 4.69) is 44.0 Å². The lowest BCUT2D eigenvalue weighted by Gasteiger charge is -2.05. The molecule has 0 heterocycles. The SMILES string of the molecule is Clc1cc2c(cc1Br)-c1cc(Br)c(Cl)cc1C2. The van der Waals surface area contributed by atoms with Crippen molar-refractivity contribution in [1.82, 2.24) is 0 Å². The molecule has 0 aromatic heterocycles. The van der Waals surface area contributed by atoms with Gasteiger partial charge in [-0.25, -0.2) is 0 Å².